The largest absolute Gasteiger partial charge is 0.534 e. The van der Waals surface area contributed by atoms with Crippen LogP contribution in [0.5, 0.6) is 5.75 Å². The van der Waals surface area contributed by atoms with E-state index in [9.17, 15) is 21.6 Å². The lowest BCUT2D eigenvalue weighted by Crippen LogP contribution is -2.31. The van der Waals surface area contributed by atoms with Crippen molar-refractivity contribution >= 4 is 15.9 Å². The molecule has 0 saturated heterocycles. The van der Waals surface area contributed by atoms with Crippen molar-refractivity contribution in [1.29, 1.82) is 0 Å². The number of hydrogen-bond acceptors (Lipinski definition) is 4. The number of para-hydroxylation sites is 1. The molecular formula is C12H11F3O4S. The summed E-state index contributed by atoms with van der Waals surface area (Å²) in [6, 6.07) is 6.10. The number of halogens is 3. The molecule has 0 spiro atoms. The Morgan fingerprint density at radius 1 is 1.20 bits per heavy atom. The third-order valence-electron chi connectivity index (χ3n) is 2.49. The van der Waals surface area contributed by atoms with Gasteiger partial charge in [0.05, 0.1) is 5.56 Å². The summed E-state index contributed by atoms with van der Waals surface area (Å²) in [5, 5.41) is 0. The van der Waals surface area contributed by atoms with Gasteiger partial charge in [-0.05, 0) is 26.0 Å². The second kappa shape index (κ2) is 4.41. The summed E-state index contributed by atoms with van der Waals surface area (Å²) in [6.45, 7) is 3.15. The summed E-state index contributed by atoms with van der Waals surface area (Å²) in [5.41, 5.74) is -6.31. The third kappa shape index (κ3) is 2.74. The molecule has 0 aliphatic carbocycles. The normalized spacial score (nSPS) is 17.8. The van der Waals surface area contributed by atoms with E-state index in [1.54, 1.807) is 19.9 Å². The van der Waals surface area contributed by atoms with E-state index in [0.717, 1.165) is 0 Å². The number of benzene rings is 1. The third-order valence-corrected chi connectivity index (χ3v) is 3.45. The second-order valence-electron chi connectivity index (χ2n) is 4.69. The SMILES string of the molecule is CC1(C)C=C(OS(=O)(=O)C(F)(F)F)c2ccccc2O1. The smallest absolute Gasteiger partial charge is 0.483 e. The Morgan fingerprint density at radius 2 is 1.80 bits per heavy atom. The van der Waals surface area contributed by atoms with Crippen LogP contribution in [0.1, 0.15) is 19.4 Å². The lowest BCUT2D eigenvalue weighted by Gasteiger charge is -2.30. The molecule has 1 aliphatic heterocycles. The molecule has 0 fully saturated rings. The van der Waals surface area contributed by atoms with Gasteiger partial charge < -0.3 is 8.92 Å². The van der Waals surface area contributed by atoms with E-state index in [1.165, 1.54) is 24.3 Å². The molecule has 1 heterocycles. The highest BCUT2D eigenvalue weighted by molar-refractivity contribution is 7.87. The van der Waals surface area contributed by atoms with Gasteiger partial charge in [0, 0.05) is 6.08 Å². The van der Waals surface area contributed by atoms with Crippen molar-refractivity contribution in [3.63, 3.8) is 0 Å². The van der Waals surface area contributed by atoms with Crippen molar-refractivity contribution in [2.75, 3.05) is 0 Å². The van der Waals surface area contributed by atoms with Crippen LogP contribution in [-0.2, 0) is 14.3 Å². The van der Waals surface area contributed by atoms with Gasteiger partial charge in [-0.15, -0.1) is 0 Å². The van der Waals surface area contributed by atoms with Crippen molar-refractivity contribution in [1.82, 2.24) is 0 Å². The molecule has 1 aromatic rings. The minimum Gasteiger partial charge on any atom is -0.483 e. The van der Waals surface area contributed by atoms with Crippen LogP contribution in [0.25, 0.3) is 5.76 Å². The van der Waals surface area contributed by atoms with E-state index in [2.05, 4.69) is 4.18 Å². The van der Waals surface area contributed by atoms with Gasteiger partial charge in [0.25, 0.3) is 0 Å². The molecule has 20 heavy (non-hydrogen) atoms. The molecule has 0 aromatic heterocycles. The topological polar surface area (TPSA) is 52.6 Å². The minimum atomic E-state index is -5.71. The van der Waals surface area contributed by atoms with Crippen LogP contribution in [-0.4, -0.2) is 19.5 Å². The number of fused-ring (bicyclic) bond motifs is 1. The highest BCUT2D eigenvalue weighted by atomic mass is 32.2. The molecule has 4 nitrogen and oxygen atoms in total. The van der Waals surface area contributed by atoms with Gasteiger partial charge in [-0.25, -0.2) is 0 Å². The summed E-state index contributed by atoms with van der Waals surface area (Å²) in [5.74, 6) is -0.137. The molecule has 8 heteroatoms. The van der Waals surface area contributed by atoms with E-state index in [0.29, 0.717) is 0 Å². The van der Waals surface area contributed by atoms with Gasteiger partial charge in [-0.1, -0.05) is 12.1 Å². The van der Waals surface area contributed by atoms with Gasteiger partial charge in [-0.3, -0.25) is 0 Å². The van der Waals surface area contributed by atoms with Crippen LogP contribution in [0.15, 0.2) is 30.3 Å². The van der Waals surface area contributed by atoms with Crippen LogP contribution in [0, 0.1) is 0 Å². The van der Waals surface area contributed by atoms with Gasteiger partial charge in [0.2, 0.25) is 0 Å². The van der Waals surface area contributed by atoms with Gasteiger partial charge in [-0.2, -0.15) is 21.6 Å². The monoisotopic (exact) mass is 308 g/mol. The van der Waals surface area contributed by atoms with E-state index in [4.69, 9.17) is 4.74 Å². The van der Waals surface area contributed by atoms with Gasteiger partial charge >= 0.3 is 15.6 Å². The Hall–Kier alpha value is -1.70. The van der Waals surface area contributed by atoms with Crippen LogP contribution in [0.3, 0.4) is 0 Å². The van der Waals surface area contributed by atoms with Gasteiger partial charge in [0.1, 0.15) is 11.4 Å². The summed E-state index contributed by atoms with van der Waals surface area (Å²) in [4.78, 5) is 0. The summed E-state index contributed by atoms with van der Waals surface area (Å²) >= 11 is 0. The first-order chi connectivity index (χ1) is 9.02. The first-order valence-corrected chi connectivity index (χ1v) is 6.95. The maximum Gasteiger partial charge on any atom is 0.534 e. The van der Waals surface area contributed by atoms with Crippen molar-refractivity contribution in [2.45, 2.75) is 25.0 Å². The Morgan fingerprint density at radius 3 is 2.40 bits per heavy atom. The van der Waals surface area contributed by atoms with E-state index in [-0.39, 0.29) is 11.3 Å². The maximum atomic E-state index is 12.4. The van der Waals surface area contributed by atoms with Crippen LogP contribution in [0.4, 0.5) is 13.2 Å². The predicted molar refractivity (Wildman–Crippen MR) is 65.2 cm³/mol. The molecule has 2 rings (SSSR count). The van der Waals surface area contributed by atoms with Crippen molar-refractivity contribution in [3.8, 4) is 5.75 Å². The zero-order valence-electron chi connectivity index (χ0n) is 10.6. The highest BCUT2D eigenvalue weighted by Crippen LogP contribution is 2.39. The first kappa shape index (κ1) is 14.7. The zero-order valence-corrected chi connectivity index (χ0v) is 11.4. The van der Waals surface area contributed by atoms with E-state index in [1.807, 2.05) is 0 Å². The zero-order chi connectivity index (χ0) is 15.2. The molecule has 1 aliphatic rings. The average molecular weight is 308 g/mol. The van der Waals surface area contributed by atoms with E-state index < -0.39 is 27.0 Å². The van der Waals surface area contributed by atoms with Gasteiger partial charge in [0.15, 0.2) is 5.76 Å². The van der Waals surface area contributed by atoms with Crippen LogP contribution >= 0.6 is 0 Å². The fraction of sp³-hybridized carbons (Fsp3) is 0.333. The molecule has 0 amide bonds. The molecule has 110 valence electrons. The fourth-order valence-electron chi connectivity index (χ4n) is 1.70. The molecule has 0 atom stereocenters. The minimum absolute atomic E-state index is 0.152. The number of ether oxygens (including phenoxy) is 1. The number of hydrogen-bond donors (Lipinski definition) is 0. The maximum absolute atomic E-state index is 12.4. The predicted octanol–water partition coefficient (Wildman–Crippen LogP) is 3.06. The quantitative estimate of drug-likeness (QED) is 0.622. The molecule has 0 unspecified atom stereocenters. The lowest BCUT2D eigenvalue weighted by molar-refractivity contribution is -0.0510. The fourth-order valence-corrected chi connectivity index (χ4v) is 2.17. The molecule has 0 radical (unpaired) electrons. The molecular weight excluding hydrogens is 297 g/mol. The van der Waals surface area contributed by atoms with Crippen molar-refractivity contribution in [3.05, 3.63) is 35.9 Å². The Labute approximate surface area is 113 Å². The number of alkyl halides is 3. The van der Waals surface area contributed by atoms with Crippen LogP contribution in [0.2, 0.25) is 0 Å². The van der Waals surface area contributed by atoms with Crippen LogP contribution < -0.4 is 4.74 Å². The summed E-state index contributed by atoms with van der Waals surface area (Å²) < 4.78 is 69.1. The second-order valence-corrected chi connectivity index (χ2v) is 6.23. The lowest BCUT2D eigenvalue weighted by atomic mass is 10.0. The summed E-state index contributed by atoms with van der Waals surface area (Å²) in [7, 11) is -5.71. The van der Waals surface area contributed by atoms with Crippen molar-refractivity contribution in [2.24, 2.45) is 0 Å². The molecule has 0 saturated carbocycles. The first-order valence-electron chi connectivity index (χ1n) is 5.54. The Kier molecular flexibility index (Phi) is 3.24. The Balaban J connectivity index is 2.48. The van der Waals surface area contributed by atoms with E-state index >= 15 is 0 Å². The molecule has 0 N–H and O–H groups in total. The standard InChI is InChI=1S/C12H11F3O4S/c1-11(2)7-10(19-20(16,17)12(13,14)15)8-5-3-4-6-9(8)18-11/h3-7H,1-2H3. The van der Waals surface area contributed by atoms with Crippen molar-refractivity contribution < 1.29 is 30.5 Å². The summed E-state index contributed by atoms with van der Waals surface area (Å²) in [6.07, 6.45) is 1.19. The molecule has 0 bridgehead atoms. The Bertz CT molecular complexity index is 660. The average Bonchev–Trinajstić information content (AvgIpc) is 2.25. The highest BCUT2D eigenvalue weighted by Gasteiger charge is 2.49. The number of rotatable bonds is 2. The molecule has 1 aromatic carbocycles.